The average Bonchev–Trinajstić information content (AvgIpc) is 2.81. The van der Waals surface area contributed by atoms with Gasteiger partial charge in [-0.15, -0.1) is 0 Å². The Morgan fingerprint density at radius 1 is 1.19 bits per heavy atom. The monoisotopic (exact) mass is 296 g/mol. The Kier molecular flexibility index (Phi) is 3.39. The first-order valence-electron chi connectivity index (χ1n) is 6.86. The molecule has 1 aliphatic rings. The zero-order chi connectivity index (χ0) is 15.0. The molecule has 1 fully saturated rings. The summed E-state index contributed by atoms with van der Waals surface area (Å²) in [5.41, 5.74) is 6.47. The van der Waals surface area contributed by atoms with Crippen molar-refractivity contribution in [2.75, 3.05) is 5.73 Å². The number of hydrogen-bond donors (Lipinski definition) is 1. The smallest absolute Gasteiger partial charge is 0.248 e. The van der Waals surface area contributed by atoms with Crippen LogP contribution in [-0.2, 0) is 0 Å². The molecule has 0 unspecified atom stereocenters. The third-order valence-electron chi connectivity index (χ3n) is 3.98. The number of hydrogen-bond acceptors (Lipinski definition) is 3. The van der Waals surface area contributed by atoms with Crippen LogP contribution in [0.5, 0.6) is 0 Å². The lowest BCUT2D eigenvalue weighted by molar-refractivity contribution is -0.0398. The number of benzene rings is 1. The first kappa shape index (κ1) is 14.0. The summed E-state index contributed by atoms with van der Waals surface area (Å²) < 4.78 is 45.7. The van der Waals surface area contributed by atoms with Gasteiger partial charge in [0.15, 0.2) is 5.82 Å². The maximum absolute atomic E-state index is 14.0. The van der Waals surface area contributed by atoms with E-state index in [1.54, 1.807) is 18.2 Å². The van der Waals surface area contributed by atoms with Gasteiger partial charge in [0.05, 0.1) is 5.56 Å². The van der Waals surface area contributed by atoms with E-state index in [4.69, 9.17) is 10.3 Å². The summed E-state index contributed by atoms with van der Waals surface area (Å²) >= 11 is 0. The topological polar surface area (TPSA) is 52.0 Å². The van der Waals surface area contributed by atoms with E-state index >= 15 is 0 Å². The van der Waals surface area contributed by atoms with Crippen LogP contribution in [0.2, 0.25) is 0 Å². The van der Waals surface area contributed by atoms with Gasteiger partial charge >= 0.3 is 0 Å². The number of anilines is 1. The third kappa shape index (κ3) is 2.62. The van der Waals surface area contributed by atoms with Crippen molar-refractivity contribution in [1.82, 2.24) is 5.16 Å². The summed E-state index contributed by atoms with van der Waals surface area (Å²) in [6.45, 7) is 0. The predicted molar refractivity (Wildman–Crippen MR) is 72.5 cm³/mol. The van der Waals surface area contributed by atoms with Crippen LogP contribution in [0, 0.1) is 5.82 Å². The highest BCUT2D eigenvalue weighted by atomic mass is 19.3. The van der Waals surface area contributed by atoms with Crippen molar-refractivity contribution in [3.63, 3.8) is 0 Å². The largest absolute Gasteiger partial charge is 0.380 e. The van der Waals surface area contributed by atoms with Crippen LogP contribution in [0.3, 0.4) is 0 Å². The molecule has 21 heavy (non-hydrogen) atoms. The fourth-order valence-electron chi connectivity index (χ4n) is 2.83. The molecule has 0 radical (unpaired) electrons. The molecule has 1 saturated carbocycles. The van der Waals surface area contributed by atoms with Gasteiger partial charge in [-0.25, -0.2) is 13.2 Å². The highest BCUT2D eigenvalue weighted by Gasteiger charge is 2.38. The van der Waals surface area contributed by atoms with Gasteiger partial charge in [-0.1, -0.05) is 23.4 Å². The molecule has 1 heterocycles. The molecule has 0 saturated heterocycles. The molecular weight excluding hydrogens is 281 g/mol. The first-order valence-corrected chi connectivity index (χ1v) is 6.86. The van der Waals surface area contributed by atoms with E-state index in [0.29, 0.717) is 16.9 Å². The van der Waals surface area contributed by atoms with Crippen LogP contribution in [0.15, 0.2) is 28.8 Å². The summed E-state index contributed by atoms with van der Waals surface area (Å²) in [4.78, 5) is 0. The maximum Gasteiger partial charge on any atom is 0.248 e. The van der Waals surface area contributed by atoms with E-state index in [1.165, 1.54) is 6.07 Å². The molecule has 112 valence electrons. The zero-order valence-electron chi connectivity index (χ0n) is 11.3. The van der Waals surface area contributed by atoms with Crippen LogP contribution >= 0.6 is 0 Å². The van der Waals surface area contributed by atoms with Crippen LogP contribution in [0.25, 0.3) is 11.1 Å². The quantitative estimate of drug-likeness (QED) is 0.896. The van der Waals surface area contributed by atoms with Crippen molar-refractivity contribution in [2.45, 2.75) is 37.5 Å². The summed E-state index contributed by atoms with van der Waals surface area (Å²) in [6.07, 6.45) is 0.163. The second-order valence-electron chi connectivity index (χ2n) is 5.42. The lowest BCUT2D eigenvalue weighted by atomic mass is 9.83. The molecule has 0 spiro atoms. The van der Waals surface area contributed by atoms with Gasteiger partial charge < -0.3 is 10.3 Å². The molecule has 1 aliphatic carbocycles. The van der Waals surface area contributed by atoms with Crippen molar-refractivity contribution in [1.29, 1.82) is 0 Å². The molecule has 0 atom stereocenters. The van der Waals surface area contributed by atoms with Crippen LogP contribution in [0.4, 0.5) is 19.0 Å². The van der Waals surface area contributed by atoms with E-state index in [-0.39, 0.29) is 37.4 Å². The van der Waals surface area contributed by atoms with E-state index in [9.17, 15) is 13.2 Å². The molecule has 0 bridgehead atoms. The summed E-state index contributed by atoms with van der Waals surface area (Å²) in [5.74, 6) is -2.76. The van der Waals surface area contributed by atoms with Crippen molar-refractivity contribution in [2.24, 2.45) is 0 Å². The number of aromatic nitrogens is 1. The van der Waals surface area contributed by atoms with E-state index in [2.05, 4.69) is 5.16 Å². The molecule has 1 aromatic heterocycles. The molecule has 3 nitrogen and oxygen atoms in total. The molecule has 6 heteroatoms. The van der Waals surface area contributed by atoms with Gasteiger partial charge in [0.25, 0.3) is 0 Å². The Bertz CT molecular complexity index is 644. The molecule has 2 N–H and O–H groups in total. The number of nitrogens with two attached hydrogens (primary N) is 1. The second kappa shape index (κ2) is 5.09. The van der Waals surface area contributed by atoms with Crippen LogP contribution < -0.4 is 5.73 Å². The number of nitrogen functional groups attached to an aromatic ring is 1. The summed E-state index contributed by atoms with van der Waals surface area (Å²) in [5, 5.41) is 3.69. The molecule has 0 amide bonds. The van der Waals surface area contributed by atoms with Crippen molar-refractivity contribution < 1.29 is 17.7 Å². The summed E-state index contributed by atoms with van der Waals surface area (Å²) in [6, 6.07) is 6.16. The Balaban J connectivity index is 1.97. The lowest BCUT2D eigenvalue weighted by Crippen LogP contribution is -2.23. The Morgan fingerprint density at radius 3 is 2.52 bits per heavy atom. The molecule has 0 aliphatic heterocycles. The number of alkyl halides is 2. The fourth-order valence-corrected chi connectivity index (χ4v) is 2.83. The van der Waals surface area contributed by atoms with E-state index in [0.717, 1.165) is 0 Å². The van der Waals surface area contributed by atoms with E-state index in [1.807, 2.05) is 0 Å². The van der Waals surface area contributed by atoms with Gasteiger partial charge in [-0.3, -0.25) is 0 Å². The molecule has 1 aromatic carbocycles. The molecular formula is C15H15F3N2O. The zero-order valence-corrected chi connectivity index (χ0v) is 11.3. The lowest BCUT2D eigenvalue weighted by Gasteiger charge is -2.27. The normalized spacial score (nSPS) is 18.8. The Hall–Kier alpha value is -1.98. The highest BCUT2D eigenvalue weighted by molar-refractivity contribution is 5.76. The average molecular weight is 296 g/mol. The van der Waals surface area contributed by atoms with Gasteiger partial charge in [0.1, 0.15) is 11.6 Å². The Labute approximate surface area is 119 Å². The standard InChI is InChI=1S/C15H15F3N2O/c16-11-4-2-1-3-10(11)12-13(21-20-14(12)19)9-5-7-15(17,18)8-6-9/h1-4,9H,5-8H2,(H2,19,20). The molecule has 3 rings (SSSR count). The third-order valence-corrected chi connectivity index (χ3v) is 3.98. The van der Waals surface area contributed by atoms with E-state index < -0.39 is 11.7 Å². The van der Waals surface area contributed by atoms with Gasteiger partial charge in [-0.05, 0) is 18.9 Å². The van der Waals surface area contributed by atoms with Crippen LogP contribution in [0.1, 0.15) is 37.4 Å². The predicted octanol–water partition coefficient (Wildman–Crippen LogP) is 4.36. The highest BCUT2D eigenvalue weighted by Crippen LogP contribution is 2.45. The van der Waals surface area contributed by atoms with Crippen molar-refractivity contribution in [3.05, 3.63) is 35.8 Å². The minimum atomic E-state index is -2.62. The maximum atomic E-state index is 14.0. The molecule has 2 aromatic rings. The van der Waals surface area contributed by atoms with Gasteiger partial charge in [0, 0.05) is 24.3 Å². The number of nitrogens with zero attached hydrogens (tertiary/aromatic N) is 1. The van der Waals surface area contributed by atoms with Gasteiger partial charge in [0.2, 0.25) is 5.92 Å². The number of halogens is 3. The summed E-state index contributed by atoms with van der Waals surface area (Å²) in [7, 11) is 0. The van der Waals surface area contributed by atoms with Crippen molar-refractivity contribution in [3.8, 4) is 11.1 Å². The second-order valence-corrected chi connectivity index (χ2v) is 5.42. The SMILES string of the molecule is Nc1noc(C2CCC(F)(F)CC2)c1-c1ccccc1F. The Morgan fingerprint density at radius 2 is 1.86 bits per heavy atom. The van der Waals surface area contributed by atoms with Crippen LogP contribution in [-0.4, -0.2) is 11.1 Å². The number of rotatable bonds is 2. The minimum absolute atomic E-state index is 0.0902. The van der Waals surface area contributed by atoms with Gasteiger partial charge in [-0.2, -0.15) is 0 Å². The fraction of sp³-hybridized carbons (Fsp3) is 0.400. The minimum Gasteiger partial charge on any atom is -0.380 e. The first-order chi connectivity index (χ1) is 9.98. The van der Waals surface area contributed by atoms with Crippen molar-refractivity contribution >= 4 is 5.82 Å².